The van der Waals surface area contributed by atoms with E-state index in [-0.39, 0.29) is 0 Å². The molecule has 0 saturated carbocycles. The van der Waals surface area contributed by atoms with Crippen LogP contribution in [-0.4, -0.2) is 36.4 Å². The predicted molar refractivity (Wildman–Crippen MR) is 86.6 cm³/mol. The van der Waals surface area contributed by atoms with E-state index in [0.29, 0.717) is 30.6 Å². The van der Waals surface area contributed by atoms with Gasteiger partial charge in [-0.3, -0.25) is 0 Å². The second-order valence-corrected chi connectivity index (χ2v) is 7.40. The monoisotopic (exact) mass is 313 g/mol. The number of hydrogen-bond acceptors (Lipinski definition) is 3. The second-order valence-electron chi connectivity index (χ2n) is 5.47. The van der Waals surface area contributed by atoms with Crippen molar-refractivity contribution in [1.29, 1.82) is 0 Å². The molecule has 0 aromatic carbocycles. The standard InChI is InChI=1S/C15H27N3O2S/c1-6-8-18(9-7-2)21(19,20)15-10-14(17(5)12-15)11-16-13(3)4/h6,10,12-13,16H,1,7-9,11H2,2-5H3. The third kappa shape index (κ3) is 4.69. The van der Waals surface area contributed by atoms with Gasteiger partial charge in [-0.05, 0) is 12.5 Å². The van der Waals surface area contributed by atoms with Crippen LogP contribution in [-0.2, 0) is 23.6 Å². The van der Waals surface area contributed by atoms with Crippen LogP contribution in [0.25, 0.3) is 0 Å². The molecule has 0 aliphatic rings. The number of nitrogens with zero attached hydrogens (tertiary/aromatic N) is 2. The minimum absolute atomic E-state index is 0.338. The number of rotatable bonds is 9. The van der Waals surface area contributed by atoms with Gasteiger partial charge in [0.2, 0.25) is 10.0 Å². The van der Waals surface area contributed by atoms with E-state index < -0.39 is 10.0 Å². The molecule has 1 N–H and O–H groups in total. The third-order valence-electron chi connectivity index (χ3n) is 3.22. The van der Waals surface area contributed by atoms with Gasteiger partial charge in [0, 0.05) is 44.6 Å². The number of aryl methyl sites for hydroxylation is 1. The van der Waals surface area contributed by atoms with Gasteiger partial charge in [0.25, 0.3) is 0 Å². The van der Waals surface area contributed by atoms with E-state index in [2.05, 4.69) is 25.7 Å². The van der Waals surface area contributed by atoms with Crippen LogP contribution in [0.2, 0.25) is 0 Å². The Morgan fingerprint density at radius 1 is 1.48 bits per heavy atom. The van der Waals surface area contributed by atoms with Crippen LogP contribution < -0.4 is 5.32 Å². The summed E-state index contributed by atoms with van der Waals surface area (Å²) < 4.78 is 28.6. The van der Waals surface area contributed by atoms with E-state index in [0.717, 1.165) is 12.1 Å². The van der Waals surface area contributed by atoms with Gasteiger partial charge in [0.1, 0.15) is 4.90 Å². The summed E-state index contributed by atoms with van der Waals surface area (Å²) in [6.07, 6.45) is 4.08. The SMILES string of the molecule is C=CCN(CCC)S(=O)(=O)c1cc(CNC(C)C)n(C)c1. The maximum atomic E-state index is 12.7. The Balaban J connectivity index is 3.02. The Labute approximate surface area is 128 Å². The van der Waals surface area contributed by atoms with Gasteiger partial charge in [0.05, 0.1) is 0 Å². The fraction of sp³-hybridized carbons (Fsp3) is 0.600. The summed E-state index contributed by atoms with van der Waals surface area (Å²) in [5.41, 5.74) is 0.956. The summed E-state index contributed by atoms with van der Waals surface area (Å²) in [4.78, 5) is 0.348. The predicted octanol–water partition coefficient (Wildman–Crippen LogP) is 2.11. The highest BCUT2D eigenvalue weighted by Gasteiger charge is 2.24. The van der Waals surface area contributed by atoms with E-state index in [1.807, 2.05) is 18.5 Å². The maximum Gasteiger partial charge on any atom is 0.244 e. The van der Waals surface area contributed by atoms with Gasteiger partial charge in [-0.25, -0.2) is 8.42 Å². The summed E-state index contributed by atoms with van der Waals surface area (Å²) >= 11 is 0. The Bertz CT molecular complexity index is 561. The minimum atomic E-state index is -3.45. The molecule has 120 valence electrons. The molecule has 0 bridgehead atoms. The smallest absolute Gasteiger partial charge is 0.244 e. The average Bonchev–Trinajstić information content (AvgIpc) is 2.78. The zero-order chi connectivity index (χ0) is 16.0. The first kappa shape index (κ1) is 17.9. The fourth-order valence-corrected chi connectivity index (χ4v) is 3.65. The van der Waals surface area contributed by atoms with Gasteiger partial charge in [0.15, 0.2) is 0 Å². The Morgan fingerprint density at radius 3 is 2.67 bits per heavy atom. The highest BCUT2D eigenvalue weighted by Crippen LogP contribution is 2.19. The molecule has 0 fully saturated rings. The first-order valence-corrected chi connectivity index (χ1v) is 8.76. The van der Waals surface area contributed by atoms with Gasteiger partial charge in [-0.15, -0.1) is 6.58 Å². The first-order chi connectivity index (χ1) is 9.82. The van der Waals surface area contributed by atoms with Gasteiger partial charge < -0.3 is 9.88 Å². The van der Waals surface area contributed by atoms with Crippen molar-refractivity contribution in [2.24, 2.45) is 7.05 Å². The largest absolute Gasteiger partial charge is 0.352 e. The Hall–Kier alpha value is -1.11. The lowest BCUT2D eigenvalue weighted by Crippen LogP contribution is -2.31. The van der Waals surface area contributed by atoms with Crippen LogP contribution in [0.5, 0.6) is 0 Å². The average molecular weight is 313 g/mol. The van der Waals surface area contributed by atoms with Crippen molar-refractivity contribution in [2.75, 3.05) is 13.1 Å². The summed E-state index contributed by atoms with van der Waals surface area (Å²) in [5.74, 6) is 0. The Kier molecular flexibility index (Phi) is 6.64. The zero-order valence-corrected chi connectivity index (χ0v) is 14.3. The van der Waals surface area contributed by atoms with Gasteiger partial charge in [-0.2, -0.15) is 4.31 Å². The molecule has 0 saturated heterocycles. The molecule has 0 aliphatic heterocycles. The van der Waals surface area contributed by atoms with Crippen molar-refractivity contribution in [2.45, 2.75) is 44.7 Å². The highest BCUT2D eigenvalue weighted by molar-refractivity contribution is 7.89. The van der Waals surface area contributed by atoms with Crippen LogP contribution in [0.1, 0.15) is 32.9 Å². The molecule has 1 aromatic rings. The van der Waals surface area contributed by atoms with Crippen molar-refractivity contribution in [3.8, 4) is 0 Å². The fourth-order valence-electron chi connectivity index (χ4n) is 2.05. The highest BCUT2D eigenvalue weighted by atomic mass is 32.2. The molecule has 0 atom stereocenters. The number of sulfonamides is 1. The number of aromatic nitrogens is 1. The van der Waals surface area contributed by atoms with E-state index >= 15 is 0 Å². The molecule has 1 aromatic heterocycles. The van der Waals surface area contributed by atoms with Gasteiger partial charge in [-0.1, -0.05) is 26.8 Å². The normalized spacial score (nSPS) is 12.3. The lowest BCUT2D eigenvalue weighted by molar-refractivity contribution is 0.441. The van der Waals surface area contributed by atoms with Crippen molar-refractivity contribution in [3.05, 3.63) is 30.6 Å². The summed E-state index contributed by atoms with van der Waals surface area (Å²) in [6, 6.07) is 2.11. The van der Waals surface area contributed by atoms with Crippen LogP contribution in [0, 0.1) is 0 Å². The molecule has 1 heterocycles. The molecule has 0 spiro atoms. The molecular weight excluding hydrogens is 286 g/mol. The van der Waals surface area contributed by atoms with Gasteiger partial charge >= 0.3 is 0 Å². The summed E-state index contributed by atoms with van der Waals surface area (Å²) in [7, 11) is -1.58. The Morgan fingerprint density at radius 2 is 2.14 bits per heavy atom. The van der Waals surface area contributed by atoms with E-state index in [9.17, 15) is 8.42 Å². The molecule has 0 unspecified atom stereocenters. The lowest BCUT2D eigenvalue weighted by atomic mass is 10.3. The summed E-state index contributed by atoms with van der Waals surface area (Å²) in [5, 5.41) is 3.30. The van der Waals surface area contributed by atoms with Crippen LogP contribution in [0.15, 0.2) is 29.8 Å². The molecule has 1 rings (SSSR count). The molecule has 0 amide bonds. The van der Waals surface area contributed by atoms with Crippen molar-refractivity contribution in [3.63, 3.8) is 0 Å². The molecule has 6 heteroatoms. The molecule has 0 radical (unpaired) electrons. The number of hydrogen-bond donors (Lipinski definition) is 1. The molecule has 5 nitrogen and oxygen atoms in total. The lowest BCUT2D eigenvalue weighted by Gasteiger charge is -2.18. The quantitative estimate of drug-likeness (QED) is 0.710. The van der Waals surface area contributed by atoms with E-state index in [4.69, 9.17) is 0 Å². The van der Waals surface area contributed by atoms with Crippen LogP contribution in [0.4, 0.5) is 0 Å². The molecule has 21 heavy (non-hydrogen) atoms. The zero-order valence-electron chi connectivity index (χ0n) is 13.5. The van der Waals surface area contributed by atoms with Crippen molar-refractivity contribution < 1.29 is 8.42 Å². The maximum absolute atomic E-state index is 12.7. The topological polar surface area (TPSA) is 54.3 Å². The number of nitrogens with one attached hydrogen (secondary N) is 1. The van der Waals surface area contributed by atoms with Crippen LogP contribution in [0.3, 0.4) is 0 Å². The first-order valence-electron chi connectivity index (χ1n) is 7.32. The minimum Gasteiger partial charge on any atom is -0.352 e. The van der Waals surface area contributed by atoms with Crippen LogP contribution >= 0.6 is 0 Å². The van der Waals surface area contributed by atoms with E-state index in [1.54, 1.807) is 18.3 Å². The molecule has 0 aliphatic carbocycles. The third-order valence-corrected chi connectivity index (χ3v) is 5.05. The second kappa shape index (κ2) is 7.77. The summed E-state index contributed by atoms with van der Waals surface area (Å²) in [6.45, 7) is 11.2. The van der Waals surface area contributed by atoms with E-state index in [1.165, 1.54) is 4.31 Å². The molecular formula is C15H27N3O2S. The van der Waals surface area contributed by atoms with Crippen molar-refractivity contribution >= 4 is 10.0 Å². The van der Waals surface area contributed by atoms with Crippen molar-refractivity contribution in [1.82, 2.24) is 14.2 Å².